The minimum absolute atomic E-state index is 0.00728. The number of carbonyl (C=O) groups excluding carboxylic acids is 1. The van der Waals surface area contributed by atoms with E-state index in [-0.39, 0.29) is 17.9 Å². The summed E-state index contributed by atoms with van der Waals surface area (Å²) in [5.41, 5.74) is 0.670. The van der Waals surface area contributed by atoms with Gasteiger partial charge in [0.25, 0.3) is 0 Å². The molecular formula is C14H10Cl2FNO2. The van der Waals surface area contributed by atoms with Crippen LogP contribution in [0.25, 0.3) is 0 Å². The smallest absolute Gasteiger partial charge is 0.228 e. The van der Waals surface area contributed by atoms with Crippen LogP contribution in [0.3, 0.4) is 0 Å². The molecule has 0 fully saturated rings. The monoisotopic (exact) mass is 313 g/mol. The second-order valence-corrected chi connectivity index (χ2v) is 4.95. The van der Waals surface area contributed by atoms with Gasteiger partial charge in [-0.05, 0) is 29.8 Å². The highest BCUT2D eigenvalue weighted by atomic mass is 35.5. The second kappa shape index (κ2) is 6.11. The molecule has 104 valence electrons. The van der Waals surface area contributed by atoms with Crippen molar-refractivity contribution in [1.82, 2.24) is 0 Å². The SMILES string of the molecule is O=C(Cc1ccc(Cl)c(Cl)c1)Nc1ccc(O)cc1F. The van der Waals surface area contributed by atoms with Gasteiger partial charge in [-0.25, -0.2) is 4.39 Å². The van der Waals surface area contributed by atoms with Crippen molar-refractivity contribution in [2.75, 3.05) is 5.32 Å². The van der Waals surface area contributed by atoms with Gasteiger partial charge in [0.1, 0.15) is 11.6 Å². The number of benzene rings is 2. The molecule has 0 bridgehead atoms. The lowest BCUT2D eigenvalue weighted by Crippen LogP contribution is -2.15. The lowest BCUT2D eigenvalue weighted by Gasteiger charge is -2.07. The number of phenols is 1. The molecule has 0 atom stereocenters. The van der Waals surface area contributed by atoms with Crippen LogP contribution in [-0.2, 0) is 11.2 Å². The molecular weight excluding hydrogens is 304 g/mol. The van der Waals surface area contributed by atoms with E-state index in [0.717, 1.165) is 6.07 Å². The van der Waals surface area contributed by atoms with Crippen molar-refractivity contribution in [2.45, 2.75) is 6.42 Å². The molecule has 0 spiro atoms. The molecule has 2 aromatic carbocycles. The molecule has 2 N–H and O–H groups in total. The van der Waals surface area contributed by atoms with Crippen LogP contribution in [-0.4, -0.2) is 11.0 Å². The van der Waals surface area contributed by atoms with E-state index >= 15 is 0 Å². The van der Waals surface area contributed by atoms with Crippen LogP contribution in [0.1, 0.15) is 5.56 Å². The van der Waals surface area contributed by atoms with E-state index in [1.807, 2.05) is 0 Å². The van der Waals surface area contributed by atoms with Crippen LogP contribution < -0.4 is 5.32 Å². The van der Waals surface area contributed by atoms with Gasteiger partial charge in [0.05, 0.1) is 22.2 Å². The van der Waals surface area contributed by atoms with Crippen molar-refractivity contribution < 1.29 is 14.3 Å². The molecule has 0 aromatic heterocycles. The van der Waals surface area contributed by atoms with Gasteiger partial charge in [0.2, 0.25) is 5.91 Å². The Bertz CT molecular complexity index is 662. The lowest BCUT2D eigenvalue weighted by atomic mass is 10.1. The van der Waals surface area contributed by atoms with Crippen LogP contribution in [0, 0.1) is 5.82 Å². The molecule has 1 amide bonds. The fourth-order valence-corrected chi connectivity index (χ4v) is 1.96. The zero-order chi connectivity index (χ0) is 14.7. The highest BCUT2D eigenvalue weighted by molar-refractivity contribution is 6.42. The molecule has 0 saturated heterocycles. The normalized spacial score (nSPS) is 10.3. The molecule has 0 aliphatic carbocycles. The summed E-state index contributed by atoms with van der Waals surface area (Å²) >= 11 is 11.6. The van der Waals surface area contributed by atoms with E-state index < -0.39 is 11.7 Å². The molecule has 0 aliphatic heterocycles. The number of aromatic hydroxyl groups is 1. The summed E-state index contributed by atoms with van der Waals surface area (Å²) < 4.78 is 13.5. The summed E-state index contributed by atoms with van der Waals surface area (Å²) in [5.74, 6) is -1.30. The van der Waals surface area contributed by atoms with Crippen molar-refractivity contribution >= 4 is 34.8 Å². The van der Waals surface area contributed by atoms with Crippen LogP contribution in [0.5, 0.6) is 5.75 Å². The van der Waals surface area contributed by atoms with E-state index in [4.69, 9.17) is 28.3 Å². The van der Waals surface area contributed by atoms with Gasteiger partial charge < -0.3 is 10.4 Å². The molecule has 0 unspecified atom stereocenters. The Morgan fingerprint density at radius 2 is 1.90 bits per heavy atom. The van der Waals surface area contributed by atoms with Gasteiger partial charge >= 0.3 is 0 Å². The lowest BCUT2D eigenvalue weighted by molar-refractivity contribution is -0.115. The Labute approximate surface area is 124 Å². The Kier molecular flexibility index (Phi) is 4.47. The molecule has 0 heterocycles. The van der Waals surface area contributed by atoms with Crippen molar-refractivity contribution in [3.8, 4) is 5.75 Å². The standard InChI is InChI=1S/C14H10Cl2FNO2/c15-10-3-1-8(5-11(10)16)6-14(20)18-13-4-2-9(19)7-12(13)17/h1-5,7,19H,6H2,(H,18,20). The molecule has 2 rings (SSSR count). The Balaban J connectivity index is 2.07. The maximum atomic E-state index is 13.5. The Morgan fingerprint density at radius 3 is 2.55 bits per heavy atom. The minimum atomic E-state index is -0.701. The molecule has 6 heteroatoms. The first-order chi connectivity index (χ1) is 9.45. The predicted octanol–water partition coefficient (Wildman–Crippen LogP) is 4.02. The third-order valence-corrected chi connectivity index (χ3v) is 3.31. The van der Waals surface area contributed by atoms with Gasteiger partial charge in [0, 0.05) is 6.07 Å². The summed E-state index contributed by atoms with van der Waals surface area (Å²) in [6, 6.07) is 8.34. The highest BCUT2D eigenvalue weighted by Gasteiger charge is 2.09. The fourth-order valence-electron chi connectivity index (χ4n) is 1.63. The largest absolute Gasteiger partial charge is 0.508 e. The van der Waals surface area contributed by atoms with E-state index in [1.54, 1.807) is 18.2 Å². The Morgan fingerprint density at radius 1 is 1.15 bits per heavy atom. The predicted molar refractivity (Wildman–Crippen MR) is 76.9 cm³/mol. The Hall–Kier alpha value is -1.78. The fraction of sp³-hybridized carbons (Fsp3) is 0.0714. The van der Waals surface area contributed by atoms with Crippen molar-refractivity contribution in [3.05, 3.63) is 57.8 Å². The second-order valence-electron chi connectivity index (χ2n) is 4.14. The molecule has 0 radical (unpaired) electrons. The average Bonchev–Trinajstić information content (AvgIpc) is 2.37. The van der Waals surface area contributed by atoms with Crippen molar-refractivity contribution in [2.24, 2.45) is 0 Å². The maximum absolute atomic E-state index is 13.5. The van der Waals surface area contributed by atoms with Crippen LogP contribution in [0.15, 0.2) is 36.4 Å². The summed E-state index contributed by atoms with van der Waals surface area (Å²) in [7, 11) is 0. The first-order valence-corrected chi connectivity index (χ1v) is 6.43. The number of hydrogen-bond donors (Lipinski definition) is 2. The van der Waals surface area contributed by atoms with Crippen molar-refractivity contribution in [1.29, 1.82) is 0 Å². The summed E-state index contributed by atoms with van der Waals surface area (Å²) in [4.78, 5) is 11.8. The number of anilines is 1. The molecule has 2 aromatic rings. The first-order valence-electron chi connectivity index (χ1n) is 5.68. The molecule has 0 aliphatic rings. The number of hydrogen-bond acceptors (Lipinski definition) is 2. The third-order valence-electron chi connectivity index (χ3n) is 2.58. The van der Waals surface area contributed by atoms with Gasteiger partial charge in [-0.2, -0.15) is 0 Å². The van der Waals surface area contributed by atoms with Crippen LogP contribution in [0.4, 0.5) is 10.1 Å². The summed E-state index contributed by atoms with van der Waals surface area (Å²) in [6.45, 7) is 0. The maximum Gasteiger partial charge on any atom is 0.228 e. The minimum Gasteiger partial charge on any atom is -0.508 e. The topological polar surface area (TPSA) is 49.3 Å². The number of amides is 1. The average molecular weight is 314 g/mol. The van der Waals surface area contributed by atoms with Crippen LogP contribution >= 0.6 is 23.2 Å². The molecule has 0 saturated carbocycles. The highest BCUT2D eigenvalue weighted by Crippen LogP contribution is 2.23. The van der Waals surface area contributed by atoms with Gasteiger partial charge in [-0.3, -0.25) is 4.79 Å². The number of halogens is 3. The van der Waals surface area contributed by atoms with E-state index in [1.165, 1.54) is 12.1 Å². The number of carbonyl (C=O) groups is 1. The summed E-state index contributed by atoms with van der Waals surface area (Å²) in [5, 5.41) is 12.3. The van der Waals surface area contributed by atoms with Crippen LogP contribution in [0.2, 0.25) is 10.0 Å². The van der Waals surface area contributed by atoms with E-state index in [9.17, 15) is 9.18 Å². The molecule has 3 nitrogen and oxygen atoms in total. The number of phenolic OH excluding ortho intramolecular Hbond substituents is 1. The zero-order valence-corrected chi connectivity index (χ0v) is 11.7. The van der Waals surface area contributed by atoms with E-state index in [0.29, 0.717) is 15.6 Å². The third kappa shape index (κ3) is 3.62. The van der Waals surface area contributed by atoms with E-state index in [2.05, 4.69) is 5.32 Å². The number of nitrogens with one attached hydrogen (secondary N) is 1. The summed E-state index contributed by atoms with van der Waals surface area (Å²) in [6.07, 6.45) is 0.0389. The van der Waals surface area contributed by atoms with Gasteiger partial charge in [0.15, 0.2) is 0 Å². The van der Waals surface area contributed by atoms with Gasteiger partial charge in [-0.1, -0.05) is 29.3 Å². The zero-order valence-electron chi connectivity index (χ0n) is 10.2. The van der Waals surface area contributed by atoms with Gasteiger partial charge in [-0.15, -0.1) is 0 Å². The van der Waals surface area contributed by atoms with Crippen molar-refractivity contribution in [3.63, 3.8) is 0 Å². The first kappa shape index (κ1) is 14.6. The molecule has 20 heavy (non-hydrogen) atoms. The number of rotatable bonds is 3. The quantitative estimate of drug-likeness (QED) is 0.841.